The van der Waals surface area contributed by atoms with Crippen LogP contribution in [0.1, 0.15) is 21.6 Å². The van der Waals surface area contributed by atoms with Crippen LogP contribution in [0.4, 0.5) is 26.0 Å². The van der Waals surface area contributed by atoms with Crippen LogP contribution in [0.5, 0.6) is 0 Å². The van der Waals surface area contributed by atoms with Crippen molar-refractivity contribution in [2.24, 2.45) is 0 Å². The van der Waals surface area contributed by atoms with Crippen molar-refractivity contribution in [3.8, 4) is 0 Å². The maximum atomic E-state index is 14.3. The molecule has 3 aromatic rings. The van der Waals surface area contributed by atoms with Gasteiger partial charge in [0.2, 0.25) is 0 Å². The number of rotatable bonds is 4. The number of amides is 1. The minimum absolute atomic E-state index is 0.201. The third-order valence-electron chi connectivity index (χ3n) is 6.09. The summed E-state index contributed by atoms with van der Waals surface area (Å²) in [5.41, 5.74) is 2.54. The molecule has 0 saturated carbocycles. The molecule has 2 aliphatic rings. The third-order valence-corrected chi connectivity index (χ3v) is 6.09. The average molecular weight is 450 g/mol. The molecule has 0 aliphatic carbocycles. The maximum absolute atomic E-state index is 14.3. The Bertz CT molecular complexity index is 1180. The number of fused-ring (bicyclic) bond motifs is 1. The first kappa shape index (κ1) is 21.3. The highest BCUT2D eigenvalue weighted by Crippen LogP contribution is 2.28. The van der Waals surface area contributed by atoms with Crippen LogP contribution in [-0.2, 0) is 13.0 Å². The van der Waals surface area contributed by atoms with Crippen LogP contribution in [0, 0.1) is 11.6 Å². The number of piperazine rings is 1. The molecule has 1 fully saturated rings. The Kier molecular flexibility index (Phi) is 5.87. The Morgan fingerprint density at radius 3 is 2.58 bits per heavy atom. The summed E-state index contributed by atoms with van der Waals surface area (Å²) >= 11 is 0. The largest absolute Gasteiger partial charge is 0.367 e. The number of halogens is 2. The summed E-state index contributed by atoms with van der Waals surface area (Å²) in [6.45, 7) is 4.13. The molecule has 0 radical (unpaired) electrons. The molecule has 9 heteroatoms. The zero-order chi connectivity index (χ0) is 22.8. The highest BCUT2D eigenvalue weighted by atomic mass is 19.1. The van der Waals surface area contributed by atoms with E-state index >= 15 is 0 Å². The average Bonchev–Trinajstić information content (AvgIpc) is 2.87. The molecule has 2 aromatic heterocycles. The number of hydrogen-bond donors (Lipinski definition) is 2. The Hall–Kier alpha value is -3.59. The Morgan fingerprint density at radius 2 is 1.76 bits per heavy atom. The number of nitrogens with one attached hydrogen (secondary N) is 2. The van der Waals surface area contributed by atoms with E-state index in [1.54, 1.807) is 30.6 Å². The van der Waals surface area contributed by atoms with Gasteiger partial charge >= 0.3 is 0 Å². The summed E-state index contributed by atoms with van der Waals surface area (Å²) < 4.78 is 28.3. The van der Waals surface area contributed by atoms with Crippen molar-refractivity contribution in [2.45, 2.75) is 13.0 Å². The van der Waals surface area contributed by atoms with Crippen LogP contribution in [0.15, 0.2) is 48.8 Å². The minimum atomic E-state index is -0.429. The van der Waals surface area contributed by atoms with Gasteiger partial charge in [-0.15, -0.1) is 0 Å². The molecule has 7 nitrogen and oxygen atoms in total. The molecule has 0 spiro atoms. The molecule has 0 bridgehead atoms. The summed E-state index contributed by atoms with van der Waals surface area (Å²) in [4.78, 5) is 25.8. The van der Waals surface area contributed by atoms with Crippen molar-refractivity contribution in [2.75, 3.05) is 47.8 Å². The zero-order valence-electron chi connectivity index (χ0n) is 18.0. The fourth-order valence-electron chi connectivity index (χ4n) is 4.37. The highest BCUT2D eigenvalue weighted by molar-refractivity contribution is 6.04. The van der Waals surface area contributed by atoms with E-state index < -0.39 is 5.82 Å². The predicted octanol–water partition coefficient (Wildman–Crippen LogP) is 2.98. The van der Waals surface area contributed by atoms with Crippen LogP contribution in [0.3, 0.4) is 0 Å². The van der Waals surface area contributed by atoms with Crippen molar-refractivity contribution in [3.05, 3.63) is 77.2 Å². The summed E-state index contributed by atoms with van der Waals surface area (Å²) in [5, 5.41) is 6.25. The number of nitrogens with zero attached hydrogens (tertiary/aromatic N) is 4. The van der Waals surface area contributed by atoms with Gasteiger partial charge in [0.1, 0.15) is 23.1 Å². The monoisotopic (exact) mass is 450 g/mol. The molecule has 2 aliphatic heterocycles. The lowest BCUT2D eigenvalue weighted by Gasteiger charge is -2.31. The standard InChI is InChI=1S/C24H24F2N6O/c25-18-4-5-19(26)17-15-32(11-7-16(17)18)23-3-1-2-20(29-23)24(33)30-21-14-28-8-6-22(21)31-12-9-27-10-13-31/h1-6,8,14,27H,7,9-13,15H2,(H,30,33). The van der Waals surface area contributed by atoms with E-state index in [1.165, 1.54) is 6.07 Å². The molecule has 5 rings (SSSR count). The number of anilines is 3. The van der Waals surface area contributed by atoms with Gasteiger partial charge < -0.3 is 20.4 Å². The van der Waals surface area contributed by atoms with Gasteiger partial charge in [0.05, 0.1) is 17.6 Å². The predicted molar refractivity (Wildman–Crippen MR) is 123 cm³/mol. The fraction of sp³-hybridized carbons (Fsp3) is 0.292. The first-order valence-electron chi connectivity index (χ1n) is 11.0. The van der Waals surface area contributed by atoms with Gasteiger partial charge in [0, 0.05) is 51.0 Å². The highest BCUT2D eigenvalue weighted by Gasteiger charge is 2.24. The Labute approximate surface area is 190 Å². The van der Waals surface area contributed by atoms with Crippen molar-refractivity contribution < 1.29 is 13.6 Å². The molecular formula is C24H24F2N6O. The van der Waals surface area contributed by atoms with Crippen molar-refractivity contribution in [1.29, 1.82) is 0 Å². The summed E-state index contributed by atoms with van der Waals surface area (Å²) in [6.07, 6.45) is 3.72. The Balaban J connectivity index is 1.35. The van der Waals surface area contributed by atoms with E-state index in [-0.39, 0.29) is 24.0 Å². The van der Waals surface area contributed by atoms with Gasteiger partial charge in [-0.3, -0.25) is 9.78 Å². The second kappa shape index (κ2) is 9.11. The van der Waals surface area contributed by atoms with Gasteiger partial charge in [-0.1, -0.05) is 6.07 Å². The van der Waals surface area contributed by atoms with E-state index in [0.29, 0.717) is 35.6 Å². The molecule has 4 heterocycles. The summed E-state index contributed by atoms with van der Waals surface area (Å²) in [6, 6.07) is 9.37. The number of benzene rings is 1. The van der Waals surface area contributed by atoms with Crippen LogP contribution in [0.25, 0.3) is 0 Å². The fourth-order valence-corrected chi connectivity index (χ4v) is 4.37. The van der Waals surface area contributed by atoms with E-state index in [0.717, 1.165) is 37.9 Å². The van der Waals surface area contributed by atoms with Crippen molar-refractivity contribution in [3.63, 3.8) is 0 Å². The number of pyridine rings is 2. The molecule has 0 atom stereocenters. The van der Waals surface area contributed by atoms with Crippen LogP contribution < -0.4 is 20.4 Å². The number of hydrogen-bond acceptors (Lipinski definition) is 6. The first-order chi connectivity index (χ1) is 16.1. The molecule has 2 N–H and O–H groups in total. The lowest BCUT2D eigenvalue weighted by molar-refractivity contribution is 0.102. The maximum Gasteiger partial charge on any atom is 0.274 e. The molecular weight excluding hydrogens is 426 g/mol. The SMILES string of the molecule is O=C(Nc1cnccc1N1CCNCC1)c1cccc(N2CCc3c(F)ccc(F)c3C2)n1. The molecule has 170 valence electrons. The van der Waals surface area contributed by atoms with Gasteiger partial charge in [-0.25, -0.2) is 13.8 Å². The van der Waals surface area contributed by atoms with Crippen LogP contribution in [-0.4, -0.2) is 48.6 Å². The van der Waals surface area contributed by atoms with Crippen molar-refractivity contribution >= 4 is 23.1 Å². The molecule has 33 heavy (non-hydrogen) atoms. The first-order valence-corrected chi connectivity index (χ1v) is 11.0. The number of carbonyl (C=O) groups excluding carboxylic acids is 1. The molecule has 1 amide bonds. The van der Waals surface area contributed by atoms with Crippen molar-refractivity contribution in [1.82, 2.24) is 15.3 Å². The lowest BCUT2D eigenvalue weighted by atomic mass is 9.98. The van der Waals surface area contributed by atoms with Gasteiger partial charge in [-0.2, -0.15) is 0 Å². The summed E-state index contributed by atoms with van der Waals surface area (Å²) in [7, 11) is 0. The molecule has 0 unspecified atom stereocenters. The van der Waals surface area contributed by atoms with E-state index in [1.807, 2.05) is 11.0 Å². The van der Waals surface area contributed by atoms with Gasteiger partial charge in [-0.05, 0) is 42.3 Å². The van der Waals surface area contributed by atoms with Crippen LogP contribution >= 0.6 is 0 Å². The lowest BCUT2D eigenvalue weighted by Crippen LogP contribution is -2.43. The topological polar surface area (TPSA) is 73.4 Å². The number of carbonyl (C=O) groups is 1. The smallest absolute Gasteiger partial charge is 0.274 e. The van der Waals surface area contributed by atoms with E-state index in [2.05, 4.69) is 25.5 Å². The second-order valence-corrected chi connectivity index (χ2v) is 8.12. The normalized spacial score (nSPS) is 15.8. The zero-order valence-corrected chi connectivity index (χ0v) is 18.0. The quantitative estimate of drug-likeness (QED) is 0.637. The molecule has 1 saturated heterocycles. The number of aromatic nitrogens is 2. The second-order valence-electron chi connectivity index (χ2n) is 8.12. The van der Waals surface area contributed by atoms with Gasteiger partial charge in [0.25, 0.3) is 5.91 Å². The van der Waals surface area contributed by atoms with Crippen LogP contribution in [0.2, 0.25) is 0 Å². The minimum Gasteiger partial charge on any atom is -0.367 e. The van der Waals surface area contributed by atoms with E-state index in [4.69, 9.17) is 0 Å². The van der Waals surface area contributed by atoms with E-state index in [9.17, 15) is 13.6 Å². The summed E-state index contributed by atoms with van der Waals surface area (Å²) in [5.74, 6) is -0.618. The Morgan fingerprint density at radius 1 is 0.970 bits per heavy atom. The third kappa shape index (κ3) is 4.36. The molecule has 1 aromatic carbocycles. The van der Waals surface area contributed by atoms with Gasteiger partial charge in [0.15, 0.2) is 0 Å².